The van der Waals surface area contributed by atoms with Crippen LogP contribution >= 0.6 is 0 Å². The van der Waals surface area contributed by atoms with Crippen molar-refractivity contribution >= 4 is 5.91 Å². The normalized spacial score (nSPS) is 28.8. The predicted molar refractivity (Wildman–Crippen MR) is 59.9 cm³/mol. The first kappa shape index (κ1) is 12.0. The molecule has 0 unspecified atom stereocenters. The molecule has 1 aliphatic heterocycles. The molecule has 1 aromatic carbocycles. The van der Waals surface area contributed by atoms with E-state index in [-0.39, 0.29) is 13.2 Å². The molecule has 3 N–H and O–H groups in total. The van der Waals surface area contributed by atoms with Gasteiger partial charge in [0.2, 0.25) is 0 Å². The van der Waals surface area contributed by atoms with Gasteiger partial charge in [0, 0.05) is 6.54 Å². The number of benzene rings is 1. The zero-order valence-electron chi connectivity index (χ0n) is 9.23. The third-order valence-corrected chi connectivity index (χ3v) is 3.04. The second-order valence-corrected chi connectivity index (χ2v) is 4.14. The van der Waals surface area contributed by atoms with E-state index < -0.39 is 24.2 Å². The molecule has 2 rings (SSSR count). The van der Waals surface area contributed by atoms with Gasteiger partial charge in [-0.3, -0.25) is 4.79 Å². The maximum absolute atomic E-state index is 11.7. The van der Waals surface area contributed by atoms with E-state index in [0.717, 1.165) is 5.56 Å². The van der Waals surface area contributed by atoms with Crippen LogP contribution in [0.4, 0.5) is 0 Å². The molecule has 0 radical (unpaired) electrons. The molecule has 92 valence electrons. The molecule has 3 atom stereocenters. The number of aliphatic hydroxyl groups is 3. The van der Waals surface area contributed by atoms with E-state index in [4.69, 9.17) is 5.11 Å². The first-order valence-corrected chi connectivity index (χ1v) is 5.46. The third kappa shape index (κ3) is 2.17. The van der Waals surface area contributed by atoms with Gasteiger partial charge in [0.05, 0.1) is 12.6 Å². The summed E-state index contributed by atoms with van der Waals surface area (Å²) in [4.78, 5) is 13.0. The molecule has 0 aliphatic carbocycles. The fraction of sp³-hybridized carbons (Fsp3) is 0.417. The summed E-state index contributed by atoms with van der Waals surface area (Å²) in [6.45, 7) is -0.0875. The molecule has 0 bridgehead atoms. The van der Waals surface area contributed by atoms with Gasteiger partial charge in [-0.05, 0) is 5.56 Å². The number of likely N-dealkylation sites (tertiary alicyclic amines) is 1. The van der Waals surface area contributed by atoms with Gasteiger partial charge in [0.15, 0.2) is 6.10 Å². The van der Waals surface area contributed by atoms with Crippen molar-refractivity contribution in [3.63, 3.8) is 0 Å². The fourth-order valence-electron chi connectivity index (χ4n) is 2.06. The van der Waals surface area contributed by atoms with Gasteiger partial charge < -0.3 is 20.2 Å². The Kier molecular flexibility index (Phi) is 3.42. The molecule has 1 aromatic rings. The Balaban J connectivity index is 2.17. The number of rotatable bonds is 3. The maximum Gasteiger partial charge on any atom is 0.254 e. The number of carbonyl (C=O) groups is 1. The highest BCUT2D eigenvalue weighted by atomic mass is 16.3. The lowest BCUT2D eigenvalue weighted by atomic mass is 10.1. The first-order chi connectivity index (χ1) is 8.15. The van der Waals surface area contributed by atoms with E-state index in [1.165, 1.54) is 4.90 Å². The van der Waals surface area contributed by atoms with Gasteiger partial charge in [0.1, 0.15) is 6.10 Å². The Labute approximate surface area is 98.9 Å². The zero-order chi connectivity index (χ0) is 12.4. The minimum absolute atomic E-state index is 0.277. The standard InChI is InChI=1S/C12H15NO4/c14-7-9-10(15)11(16)12(17)13(9)6-8-4-2-1-3-5-8/h1-5,9-11,14-16H,6-7H2/t9-,10-,11-/m1/s1. The second kappa shape index (κ2) is 4.83. The number of carbonyl (C=O) groups excluding carboxylic acids is 1. The van der Waals surface area contributed by atoms with Crippen molar-refractivity contribution < 1.29 is 20.1 Å². The van der Waals surface area contributed by atoms with E-state index in [2.05, 4.69) is 0 Å². The van der Waals surface area contributed by atoms with Crippen molar-refractivity contribution in [1.29, 1.82) is 0 Å². The molecule has 1 aliphatic rings. The monoisotopic (exact) mass is 237 g/mol. The summed E-state index contributed by atoms with van der Waals surface area (Å²) in [5.41, 5.74) is 0.889. The van der Waals surface area contributed by atoms with Crippen LogP contribution in [0.15, 0.2) is 30.3 Å². The molecular weight excluding hydrogens is 222 g/mol. The first-order valence-electron chi connectivity index (χ1n) is 5.46. The highest BCUT2D eigenvalue weighted by Gasteiger charge is 2.45. The van der Waals surface area contributed by atoms with Crippen LogP contribution < -0.4 is 0 Å². The molecule has 1 fully saturated rings. The summed E-state index contributed by atoms with van der Waals surface area (Å²) in [7, 11) is 0. The third-order valence-electron chi connectivity index (χ3n) is 3.04. The predicted octanol–water partition coefficient (Wildman–Crippen LogP) is -0.889. The molecule has 5 nitrogen and oxygen atoms in total. The van der Waals surface area contributed by atoms with Gasteiger partial charge in [0.25, 0.3) is 5.91 Å². The Morgan fingerprint density at radius 1 is 1.18 bits per heavy atom. The van der Waals surface area contributed by atoms with E-state index in [1.54, 1.807) is 0 Å². The van der Waals surface area contributed by atoms with E-state index in [0.29, 0.717) is 0 Å². The molecule has 1 heterocycles. The summed E-state index contributed by atoms with van der Waals surface area (Å²) in [5.74, 6) is -0.541. The Hall–Kier alpha value is -1.43. The summed E-state index contributed by atoms with van der Waals surface area (Å²) in [6.07, 6.45) is -2.66. The molecule has 1 amide bonds. The number of amides is 1. The molecule has 5 heteroatoms. The van der Waals surface area contributed by atoms with Crippen molar-refractivity contribution in [2.24, 2.45) is 0 Å². The van der Waals surface area contributed by atoms with Crippen molar-refractivity contribution in [3.8, 4) is 0 Å². The van der Waals surface area contributed by atoms with Crippen molar-refractivity contribution in [3.05, 3.63) is 35.9 Å². The minimum atomic E-state index is -1.43. The molecule has 1 saturated heterocycles. The molecule has 0 aromatic heterocycles. The molecule has 0 saturated carbocycles. The van der Waals surface area contributed by atoms with Crippen LogP contribution in [0.1, 0.15) is 5.56 Å². The van der Waals surface area contributed by atoms with Crippen LogP contribution in [0.2, 0.25) is 0 Å². The van der Waals surface area contributed by atoms with Gasteiger partial charge in [-0.1, -0.05) is 30.3 Å². The lowest BCUT2D eigenvalue weighted by molar-refractivity contribution is -0.136. The average molecular weight is 237 g/mol. The van der Waals surface area contributed by atoms with Crippen molar-refractivity contribution in [1.82, 2.24) is 4.90 Å². The van der Waals surface area contributed by atoms with Crippen LogP contribution in [0.25, 0.3) is 0 Å². The summed E-state index contributed by atoms with van der Waals surface area (Å²) >= 11 is 0. The van der Waals surface area contributed by atoms with E-state index in [1.807, 2.05) is 30.3 Å². The second-order valence-electron chi connectivity index (χ2n) is 4.14. The lowest BCUT2D eigenvalue weighted by Gasteiger charge is -2.24. The van der Waals surface area contributed by atoms with Crippen molar-refractivity contribution in [2.45, 2.75) is 24.8 Å². The molecule has 0 spiro atoms. The van der Waals surface area contributed by atoms with Gasteiger partial charge in [-0.15, -0.1) is 0 Å². The fourth-order valence-corrected chi connectivity index (χ4v) is 2.06. The van der Waals surface area contributed by atoms with E-state index >= 15 is 0 Å². The Morgan fingerprint density at radius 3 is 2.41 bits per heavy atom. The Bertz CT molecular complexity index is 395. The minimum Gasteiger partial charge on any atom is -0.394 e. The molecular formula is C12H15NO4. The summed E-state index contributed by atoms with van der Waals surface area (Å²) in [6, 6.07) is 8.51. The highest BCUT2D eigenvalue weighted by Crippen LogP contribution is 2.22. The van der Waals surface area contributed by atoms with E-state index in [9.17, 15) is 15.0 Å². The van der Waals surface area contributed by atoms with Gasteiger partial charge >= 0.3 is 0 Å². The number of hydrogen-bond donors (Lipinski definition) is 3. The van der Waals surface area contributed by atoms with Crippen LogP contribution in [-0.4, -0.2) is 51.0 Å². The lowest BCUT2D eigenvalue weighted by Crippen LogP contribution is -2.39. The summed E-state index contributed by atoms with van der Waals surface area (Å²) < 4.78 is 0. The maximum atomic E-state index is 11.7. The van der Waals surface area contributed by atoms with Crippen LogP contribution in [0, 0.1) is 0 Å². The number of aliphatic hydroxyl groups excluding tert-OH is 3. The number of hydrogen-bond acceptors (Lipinski definition) is 4. The average Bonchev–Trinajstić information content (AvgIpc) is 2.55. The highest BCUT2D eigenvalue weighted by molar-refractivity contribution is 5.84. The van der Waals surface area contributed by atoms with Crippen LogP contribution in [-0.2, 0) is 11.3 Å². The topological polar surface area (TPSA) is 81.0 Å². The largest absolute Gasteiger partial charge is 0.394 e. The quantitative estimate of drug-likeness (QED) is 0.637. The van der Waals surface area contributed by atoms with Crippen molar-refractivity contribution in [2.75, 3.05) is 6.61 Å². The number of nitrogens with zero attached hydrogens (tertiary/aromatic N) is 1. The van der Waals surface area contributed by atoms with Gasteiger partial charge in [-0.2, -0.15) is 0 Å². The smallest absolute Gasteiger partial charge is 0.254 e. The Morgan fingerprint density at radius 2 is 1.82 bits per heavy atom. The van der Waals surface area contributed by atoms with Crippen LogP contribution in [0.5, 0.6) is 0 Å². The van der Waals surface area contributed by atoms with Crippen LogP contribution in [0.3, 0.4) is 0 Å². The SMILES string of the molecule is O=C1[C@H](O)[C@H](O)[C@@H](CO)N1Cc1ccccc1. The molecule has 17 heavy (non-hydrogen) atoms. The summed E-state index contributed by atoms with van der Waals surface area (Å²) in [5, 5.41) is 28.2. The zero-order valence-corrected chi connectivity index (χ0v) is 9.23. The van der Waals surface area contributed by atoms with Gasteiger partial charge in [-0.25, -0.2) is 0 Å².